The smallest absolute Gasteiger partial charge is 0.130 e. The molecule has 0 heterocycles. The number of methoxy groups -OCH3 is 3. The van der Waals surface area contributed by atoms with Crippen LogP contribution in [0.1, 0.15) is 26.3 Å². The normalized spacial score (nSPS) is 11.3. The molecule has 1 N–H and O–H groups in total. The molecule has 0 aliphatic carbocycles. The van der Waals surface area contributed by atoms with Crippen molar-refractivity contribution >= 4 is 0 Å². The fourth-order valence-electron chi connectivity index (χ4n) is 1.81. The molecule has 19 heavy (non-hydrogen) atoms. The first-order chi connectivity index (χ1) is 8.91. The van der Waals surface area contributed by atoms with E-state index in [4.69, 9.17) is 14.2 Å². The van der Waals surface area contributed by atoms with Gasteiger partial charge in [-0.2, -0.15) is 0 Å². The summed E-state index contributed by atoms with van der Waals surface area (Å²) in [6.45, 7) is 8.21. The lowest BCUT2D eigenvalue weighted by molar-refractivity contribution is 0.354. The minimum Gasteiger partial charge on any atom is -0.496 e. The lowest BCUT2D eigenvalue weighted by Gasteiger charge is -2.20. The minimum absolute atomic E-state index is 0.243. The van der Waals surface area contributed by atoms with Gasteiger partial charge in [-0.3, -0.25) is 0 Å². The van der Waals surface area contributed by atoms with Gasteiger partial charge in [-0.25, -0.2) is 0 Å². The third-order valence-electron chi connectivity index (χ3n) is 2.77. The van der Waals surface area contributed by atoms with Gasteiger partial charge in [0, 0.05) is 25.2 Å². The van der Waals surface area contributed by atoms with Crippen LogP contribution in [0.15, 0.2) is 12.1 Å². The molecule has 0 unspecified atom stereocenters. The third kappa shape index (κ3) is 4.63. The van der Waals surface area contributed by atoms with Crippen LogP contribution in [0.3, 0.4) is 0 Å². The Morgan fingerprint density at radius 3 is 1.84 bits per heavy atom. The van der Waals surface area contributed by atoms with Gasteiger partial charge >= 0.3 is 0 Å². The number of hydrogen-bond acceptors (Lipinski definition) is 4. The summed E-state index contributed by atoms with van der Waals surface area (Å²) >= 11 is 0. The van der Waals surface area contributed by atoms with Crippen molar-refractivity contribution in [1.82, 2.24) is 5.32 Å². The first-order valence-corrected chi connectivity index (χ1v) is 6.41. The van der Waals surface area contributed by atoms with Crippen LogP contribution in [0.4, 0.5) is 0 Å². The molecule has 1 rings (SSSR count). The molecule has 0 spiro atoms. The highest BCUT2D eigenvalue weighted by molar-refractivity contribution is 5.50. The van der Waals surface area contributed by atoms with Gasteiger partial charge in [0.25, 0.3) is 0 Å². The third-order valence-corrected chi connectivity index (χ3v) is 2.77. The predicted molar refractivity (Wildman–Crippen MR) is 77.3 cm³/mol. The van der Waals surface area contributed by atoms with Crippen molar-refractivity contribution in [3.05, 3.63) is 17.7 Å². The zero-order valence-corrected chi connectivity index (χ0v) is 12.8. The minimum atomic E-state index is 0.243. The van der Waals surface area contributed by atoms with E-state index in [1.54, 1.807) is 21.3 Å². The van der Waals surface area contributed by atoms with E-state index in [1.165, 1.54) is 0 Å². The van der Waals surface area contributed by atoms with Gasteiger partial charge in [0.1, 0.15) is 17.2 Å². The van der Waals surface area contributed by atoms with Crippen LogP contribution in [0.5, 0.6) is 17.2 Å². The maximum atomic E-state index is 5.41. The van der Waals surface area contributed by atoms with E-state index in [-0.39, 0.29) is 5.41 Å². The van der Waals surface area contributed by atoms with Crippen molar-refractivity contribution in [1.29, 1.82) is 0 Å². The Morgan fingerprint density at radius 2 is 1.47 bits per heavy atom. The Labute approximate surface area is 116 Å². The van der Waals surface area contributed by atoms with E-state index in [9.17, 15) is 0 Å². The predicted octanol–water partition coefficient (Wildman–Crippen LogP) is 2.85. The van der Waals surface area contributed by atoms with E-state index in [2.05, 4.69) is 26.1 Å². The highest BCUT2D eigenvalue weighted by Crippen LogP contribution is 2.33. The summed E-state index contributed by atoms with van der Waals surface area (Å²) in [7, 11) is 4.94. The molecule has 1 aromatic carbocycles. The van der Waals surface area contributed by atoms with E-state index >= 15 is 0 Å². The molecule has 0 bridgehead atoms. The maximum Gasteiger partial charge on any atom is 0.130 e. The number of nitrogens with one attached hydrogen (secondary N) is 1. The highest BCUT2D eigenvalue weighted by atomic mass is 16.5. The molecular weight excluding hydrogens is 242 g/mol. The second-order valence-electron chi connectivity index (χ2n) is 5.67. The summed E-state index contributed by atoms with van der Waals surface area (Å²) in [5.74, 6) is 2.28. The molecule has 0 aromatic heterocycles. The molecule has 0 radical (unpaired) electrons. The van der Waals surface area contributed by atoms with Crippen LogP contribution >= 0.6 is 0 Å². The number of ether oxygens (including phenoxy) is 3. The summed E-state index contributed by atoms with van der Waals surface area (Å²) in [5, 5.41) is 3.43. The largest absolute Gasteiger partial charge is 0.496 e. The Kier molecular flexibility index (Phi) is 5.48. The Bertz CT molecular complexity index is 385. The quantitative estimate of drug-likeness (QED) is 0.860. The Balaban J connectivity index is 2.91. The van der Waals surface area contributed by atoms with Gasteiger partial charge in [0.2, 0.25) is 0 Å². The second kappa shape index (κ2) is 6.66. The average Bonchev–Trinajstić information content (AvgIpc) is 2.37. The summed E-state index contributed by atoms with van der Waals surface area (Å²) in [6.07, 6.45) is 0. The first kappa shape index (κ1) is 15.6. The molecule has 4 nitrogen and oxygen atoms in total. The topological polar surface area (TPSA) is 39.7 Å². The monoisotopic (exact) mass is 267 g/mol. The van der Waals surface area contributed by atoms with Gasteiger partial charge < -0.3 is 19.5 Å². The van der Waals surface area contributed by atoms with E-state index in [1.807, 2.05) is 12.1 Å². The molecule has 0 saturated heterocycles. The van der Waals surface area contributed by atoms with Gasteiger partial charge in [0.15, 0.2) is 0 Å². The van der Waals surface area contributed by atoms with Crippen molar-refractivity contribution in [2.45, 2.75) is 27.3 Å². The highest BCUT2D eigenvalue weighted by Gasteiger charge is 2.15. The zero-order valence-electron chi connectivity index (χ0n) is 12.8. The molecule has 0 saturated carbocycles. The van der Waals surface area contributed by atoms with Crippen molar-refractivity contribution in [2.24, 2.45) is 5.41 Å². The van der Waals surface area contributed by atoms with Gasteiger partial charge in [-0.1, -0.05) is 20.8 Å². The molecule has 0 aliphatic heterocycles. The molecule has 0 atom stereocenters. The fraction of sp³-hybridized carbons (Fsp3) is 0.600. The summed E-state index contributed by atoms with van der Waals surface area (Å²) in [6, 6.07) is 3.74. The number of hydrogen-bond donors (Lipinski definition) is 1. The van der Waals surface area contributed by atoms with E-state index < -0.39 is 0 Å². The molecular formula is C15H25NO3. The van der Waals surface area contributed by atoms with Crippen LogP contribution in [0.2, 0.25) is 0 Å². The van der Waals surface area contributed by atoms with Crippen LogP contribution in [0.25, 0.3) is 0 Å². The first-order valence-electron chi connectivity index (χ1n) is 6.41. The summed E-state index contributed by atoms with van der Waals surface area (Å²) in [4.78, 5) is 0. The fourth-order valence-corrected chi connectivity index (χ4v) is 1.81. The van der Waals surface area contributed by atoms with Crippen molar-refractivity contribution in [3.8, 4) is 17.2 Å². The number of benzene rings is 1. The van der Waals surface area contributed by atoms with Crippen molar-refractivity contribution < 1.29 is 14.2 Å². The van der Waals surface area contributed by atoms with Crippen LogP contribution < -0.4 is 19.5 Å². The number of rotatable bonds is 6. The van der Waals surface area contributed by atoms with Gasteiger partial charge in [-0.05, 0) is 5.41 Å². The van der Waals surface area contributed by atoms with Crippen molar-refractivity contribution in [2.75, 3.05) is 27.9 Å². The van der Waals surface area contributed by atoms with Crippen LogP contribution in [-0.4, -0.2) is 27.9 Å². The summed E-state index contributed by atoms with van der Waals surface area (Å²) < 4.78 is 16.1. The lowest BCUT2D eigenvalue weighted by Crippen LogP contribution is -2.26. The Hall–Kier alpha value is -1.42. The zero-order chi connectivity index (χ0) is 14.5. The lowest BCUT2D eigenvalue weighted by atomic mass is 9.97. The Morgan fingerprint density at radius 1 is 0.947 bits per heavy atom. The summed E-state index contributed by atoms with van der Waals surface area (Å²) in [5.41, 5.74) is 1.25. The van der Waals surface area contributed by atoms with Crippen LogP contribution in [-0.2, 0) is 6.54 Å². The van der Waals surface area contributed by atoms with Gasteiger partial charge in [-0.15, -0.1) is 0 Å². The molecule has 0 fully saturated rings. The molecule has 0 amide bonds. The average molecular weight is 267 g/mol. The molecule has 1 aromatic rings. The maximum absolute atomic E-state index is 5.41. The van der Waals surface area contributed by atoms with E-state index in [0.29, 0.717) is 6.54 Å². The second-order valence-corrected chi connectivity index (χ2v) is 5.67. The molecule has 108 valence electrons. The van der Waals surface area contributed by atoms with Gasteiger partial charge in [0.05, 0.1) is 26.9 Å². The van der Waals surface area contributed by atoms with E-state index in [0.717, 1.165) is 29.4 Å². The van der Waals surface area contributed by atoms with Crippen molar-refractivity contribution in [3.63, 3.8) is 0 Å². The van der Waals surface area contributed by atoms with Crippen LogP contribution in [0, 0.1) is 5.41 Å². The molecule has 4 heteroatoms. The standard InChI is InChI=1S/C15H25NO3/c1-15(2,3)10-16-9-12-13(18-5)7-11(17-4)8-14(12)19-6/h7-8,16H,9-10H2,1-6H3. The molecule has 0 aliphatic rings. The SMILES string of the molecule is COc1cc(OC)c(CNCC(C)(C)C)c(OC)c1.